The number of hydrogen-bond acceptors (Lipinski definition) is 3. The number of guanidine groups is 1. The summed E-state index contributed by atoms with van der Waals surface area (Å²) in [6.45, 7) is 3.93. The van der Waals surface area contributed by atoms with Crippen LogP contribution in [0.3, 0.4) is 0 Å². The maximum absolute atomic E-state index is 12.0. The largest absolute Gasteiger partial charge is 0.457 e. The van der Waals surface area contributed by atoms with Crippen molar-refractivity contribution in [1.29, 1.82) is 0 Å². The van der Waals surface area contributed by atoms with Crippen molar-refractivity contribution < 1.29 is 9.53 Å². The van der Waals surface area contributed by atoms with Crippen molar-refractivity contribution in [1.82, 2.24) is 15.5 Å². The third-order valence-corrected chi connectivity index (χ3v) is 4.71. The topological polar surface area (TPSA) is 66.0 Å². The lowest BCUT2D eigenvalue weighted by Gasteiger charge is -2.13. The Labute approximate surface area is 189 Å². The maximum atomic E-state index is 12.0. The fraction of sp³-hybridized carbons (Fsp3) is 0.231. The molecule has 0 spiro atoms. The number of carbonyl (C=O) groups excluding carboxylic acids is 1. The zero-order valence-corrected chi connectivity index (χ0v) is 18.8. The number of aliphatic imine (C=N–C) groups is 1. The SMILES string of the molecule is CCNC(=NCc1cccc(Oc2ccccc2)c1)NCc1ccc(C(=O)N(C)C)cc1. The fourth-order valence-corrected chi connectivity index (χ4v) is 3.05. The predicted molar refractivity (Wildman–Crippen MR) is 129 cm³/mol. The quantitative estimate of drug-likeness (QED) is 0.410. The van der Waals surface area contributed by atoms with Crippen LogP contribution < -0.4 is 15.4 Å². The first kappa shape index (κ1) is 22.9. The second-order valence-corrected chi connectivity index (χ2v) is 7.51. The standard InChI is InChI=1S/C26H30N4O2/c1-4-27-26(28-18-20-13-15-22(16-14-20)25(31)30(2)3)29-19-21-9-8-12-24(17-21)32-23-10-6-5-7-11-23/h5-17H,4,18-19H2,1-3H3,(H2,27,28,29). The van der Waals surface area contributed by atoms with Gasteiger partial charge in [-0.3, -0.25) is 4.79 Å². The van der Waals surface area contributed by atoms with Crippen LogP contribution in [0.4, 0.5) is 0 Å². The molecule has 3 aromatic carbocycles. The molecule has 0 aliphatic carbocycles. The van der Waals surface area contributed by atoms with Crippen LogP contribution in [0.1, 0.15) is 28.4 Å². The van der Waals surface area contributed by atoms with Crippen molar-refractivity contribution >= 4 is 11.9 Å². The number of carbonyl (C=O) groups is 1. The number of ether oxygens (including phenoxy) is 1. The summed E-state index contributed by atoms with van der Waals surface area (Å²) < 4.78 is 5.91. The highest BCUT2D eigenvalue weighted by Gasteiger charge is 2.07. The third-order valence-electron chi connectivity index (χ3n) is 4.71. The third kappa shape index (κ3) is 6.87. The molecule has 32 heavy (non-hydrogen) atoms. The molecule has 166 valence electrons. The van der Waals surface area contributed by atoms with Crippen molar-refractivity contribution in [2.75, 3.05) is 20.6 Å². The molecule has 2 N–H and O–H groups in total. The van der Waals surface area contributed by atoms with Crippen LogP contribution in [0.5, 0.6) is 11.5 Å². The van der Waals surface area contributed by atoms with Crippen molar-refractivity contribution in [2.24, 2.45) is 4.99 Å². The second-order valence-electron chi connectivity index (χ2n) is 7.51. The van der Waals surface area contributed by atoms with Gasteiger partial charge in [0.1, 0.15) is 11.5 Å². The summed E-state index contributed by atoms with van der Waals surface area (Å²) >= 11 is 0. The van der Waals surface area contributed by atoms with E-state index in [0.29, 0.717) is 18.7 Å². The highest BCUT2D eigenvalue weighted by atomic mass is 16.5. The molecule has 6 nitrogen and oxygen atoms in total. The Morgan fingerprint density at radius 2 is 1.59 bits per heavy atom. The highest BCUT2D eigenvalue weighted by molar-refractivity contribution is 5.93. The number of nitrogens with one attached hydrogen (secondary N) is 2. The van der Waals surface area contributed by atoms with Gasteiger partial charge in [0, 0.05) is 32.7 Å². The van der Waals surface area contributed by atoms with Gasteiger partial charge in [-0.2, -0.15) is 0 Å². The zero-order valence-electron chi connectivity index (χ0n) is 18.8. The molecule has 3 aromatic rings. The van der Waals surface area contributed by atoms with Crippen LogP contribution in [-0.4, -0.2) is 37.4 Å². The van der Waals surface area contributed by atoms with E-state index < -0.39 is 0 Å². The molecule has 0 aromatic heterocycles. The fourth-order valence-electron chi connectivity index (χ4n) is 3.05. The maximum Gasteiger partial charge on any atom is 0.253 e. The summed E-state index contributed by atoms with van der Waals surface area (Å²) in [6, 6.07) is 25.3. The minimum atomic E-state index is -0.00196. The monoisotopic (exact) mass is 430 g/mol. The molecule has 0 saturated carbocycles. The summed E-state index contributed by atoms with van der Waals surface area (Å²) in [4.78, 5) is 18.3. The molecule has 0 bridgehead atoms. The molecular weight excluding hydrogens is 400 g/mol. The summed E-state index contributed by atoms with van der Waals surface area (Å²) in [5, 5.41) is 6.61. The van der Waals surface area contributed by atoms with Crippen LogP contribution in [0.2, 0.25) is 0 Å². The van der Waals surface area contributed by atoms with Crippen LogP contribution in [0.15, 0.2) is 83.9 Å². The summed E-state index contributed by atoms with van der Waals surface area (Å²) in [5.74, 6) is 2.32. The van der Waals surface area contributed by atoms with Crippen LogP contribution in [-0.2, 0) is 13.1 Å². The van der Waals surface area contributed by atoms with Crippen molar-refractivity contribution in [3.63, 3.8) is 0 Å². The molecular formula is C26H30N4O2. The molecule has 0 radical (unpaired) electrons. The average molecular weight is 431 g/mol. The summed E-state index contributed by atoms with van der Waals surface area (Å²) in [6.07, 6.45) is 0. The molecule has 6 heteroatoms. The molecule has 0 aliphatic heterocycles. The van der Waals surface area contributed by atoms with Crippen LogP contribution >= 0.6 is 0 Å². The Bertz CT molecular complexity index is 1030. The Morgan fingerprint density at radius 1 is 0.875 bits per heavy atom. The Balaban J connectivity index is 1.60. The Hall–Kier alpha value is -3.80. The van der Waals surface area contributed by atoms with Crippen LogP contribution in [0.25, 0.3) is 0 Å². The van der Waals surface area contributed by atoms with Crippen molar-refractivity contribution in [2.45, 2.75) is 20.0 Å². The van der Waals surface area contributed by atoms with Gasteiger partial charge >= 0.3 is 0 Å². The minimum absolute atomic E-state index is 0.00196. The van der Waals surface area contributed by atoms with Gasteiger partial charge in [-0.25, -0.2) is 4.99 Å². The highest BCUT2D eigenvalue weighted by Crippen LogP contribution is 2.22. The van der Waals surface area contributed by atoms with E-state index in [2.05, 4.69) is 10.6 Å². The number of benzene rings is 3. The van der Waals surface area contributed by atoms with Gasteiger partial charge in [-0.15, -0.1) is 0 Å². The van der Waals surface area contributed by atoms with Gasteiger partial charge in [-0.1, -0.05) is 42.5 Å². The van der Waals surface area contributed by atoms with E-state index in [9.17, 15) is 4.79 Å². The lowest BCUT2D eigenvalue weighted by atomic mass is 10.1. The number of amides is 1. The van der Waals surface area contributed by atoms with Gasteiger partial charge in [0.25, 0.3) is 5.91 Å². The summed E-state index contributed by atoms with van der Waals surface area (Å²) in [7, 11) is 3.50. The normalized spacial score (nSPS) is 11.0. The number of nitrogens with zero attached hydrogens (tertiary/aromatic N) is 2. The van der Waals surface area contributed by atoms with Crippen molar-refractivity contribution in [3.05, 3.63) is 95.6 Å². The van der Waals surface area contributed by atoms with E-state index in [1.54, 1.807) is 19.0 Å². The first-order valence-corrected chi connectivity index (χ1v) is 10.7. The van der Waals surface area contributed by atoms with E-state index in [1.807, 2.05) is 85.8 Å². The molecule has 3 rings (SSSR count). The molecule has 0 fully saturated rings. The number of rotatable bonds is 8. The predicted octanol–water partition coefficient (Wildman–Crippen LogP) is 4.44. The van der Waals surface area contributed by atoms with Gasteiger partial charge in [-0.05, 0) is 54.4 Å². The Kier molecular flexibility index (Phi) is 8.26. The average Bonchev–Trinajstić information content (AvgIpc) is 2.81. The zero-order chi connectivity index (χ0) is 22.8. The molecule has 0 aliphatic rings. The lowest BCUT2D eigenvalue weighted by molar-refractivity contribution is 0.0827. The minimum Gasteiger partial charge on any atom is -0.457 e. The van der Waals surface area contributed by atoms with Gasteiger partial charge < -0.3 is 20.3 Å². The van der Waals surface area contributed by atoms with Gasteiger partial charge in [0.2, 0.25) is 0 Å². The van der Waals surface area contributed by atoms with Crippen LogP contribution in [0, 0.1) is 0 Å². The molecule has 0 unspecified atom stereocenters. The smallest absolute Gasteiger partial charge is 0.253 e. The first-order chi connectivity index (χ1) is 15.5. The molecule has 0 heterocycles. The van der Waals surface area contributed by atoms with E-state index in [4.69, 9.17) is 9.73 Å². The van der Waals surface area contributed by atoms with E-state index >= 15 is 0 Å². The number of hydrogen-bond donors (Lipinski definition) is 2. The van der Waals surface area contributed by atoms with E-state index in [0.717, 1.165) is 35.1 Å². The second kappa shape index (κ2) is 11.6. The van der Waals surface area contributed by atoms with E-state index in [1.165, 1.54) is 0 Å². The number of para-hydroxylation sites is 1. The molecule has 0 saturated heterocycles. The summed E-state index contributed by atoms with van der Waals surface area (Å²) in [5.41, 5.74) is 2.81. The first-order valence-electron chi connectivity index (χ1n) is 10.7. The molecule has 1 amide bonds. The van der Waals surface area contributed by atoms with Gasteiger partial charge in [0.15, 0.2) is 5.96 Å². The lowest BCUT2D eigenvalue weighted by Crippen LogP contribution is -2.36. The Morgan fingerprint density at radius 3 is 2.28 bits per heavy atom. The van der Waals surface area contributed by atoms with Gasteiger partial charge in [0.05, 0.1) is 6.54 Å². The molecule has 0 atom stereocenters. The van der Waals surface area contributed by atoms with E-state index in [-0.39, 0.29) is 5.91 Å². The van der Waals surface area contributed by atoms with Crippen molar-refractivity contribution in [3.8, 4) is 11.5 Å².